The Morgan fingerprint density at radius 2 is 1.60 bits per heavy atom. The summed E-state index contributed by atoms with van der Waals surface area (Å²) in [7, 11) is 2.19. The van der Waals surface area contributed by atoms with Crippen LogP contribution in [0.15, 0.2) is 54.6 Å². The Labute approximate surface area is 152 Å². The van der Waals surface area contributed by atoms with Gasteiger partial charge in [0.25, 0.3) is 0 Å². The first-order chi connectivity index (χ1) is 12.3. The lowest BCUT2D eigenvalue weighted by molar-refractivity contribution is -0.0234. The van der Waals surface area contributed by atoms with Crippen LogP contribution in [0.1, 0.15) is 55.4 Å². The molecule has 1 aliphatic rings. The number of rotatable bonds is 7. The fourth-order valence-corrected chi connectivity index (χ4v) is 3.53. The average molecular weight is 338 g/mol. The Hall–Kier alpha value is -1.64. The number of likely N-dealkylation sites (tertiary alicyclic amines) is 1. The van der Waals surface area contributed by atoms with E-state index in [-0.39, 0.29) is 6.10 Å². The third-order valence-corrected chi connectivity index (χ3v) is 5.20. The molecule has 1 heterocycles. The summed E-state index contributed by atoms with van der Waals surface area (Å²) in [5, 5.41) is 0. The number of piperidine rings is 1. The molecule has 1 atom stereocenters. The van der Waals surface area contributed by atoms with E-state index in [0.717, 1.165) is 25.9 Å². The maximum Gasteiger partial charge on any atom is 0.108 e. The van der Waals surface area contributed by atoms with Gasteiger partial charge in [-0.3, -0.25) is 0 Å². The van der Waals surface area contributed by atoms with E-state index in [9.17, 15) is 0 Å². The van der Waals surface area contributed by atoms with E-state index in [1.807, 2.05) is 0 Å². The lowest BCUT2D eigenvalue weighted by Gasteiger charge is -2.32. The van der Waals surface area contributed by atoms with Crippen molar-refractivity contribution in [3.8, 4) is 0 Å². The summed E-state index contributed by atoms with van der Waals surface area (Å²) in [6.07, 6.45) is 6.29. The summed E-state index contributed by atoms with van der Waals surface area (Å²) < 4.78 is 6.61. The smallest absolute Gasteiger partial charge is 0.108 e. The Morgan fingerprint density at radius 1 is 0.960 bits per heavy atom. The van der Waals surface area contributed by atoms with Crippen LogP contribution < -0.4 is 0 Å². The van der Waals surface area contributed by atoms with Crippen molar-refractivity contribution in [1.29, 1.82) is 0 Å². The molecule has 1 unspecified atom stereocenters. The summed E-state index contributed by atoms with van der Waals surface area (Å²) in [6.45, 7) is 4.50. The average Bonchev–Trinajstić information content (AvgIpc) is 2.67. The Kier molecular flexibility index (Phi) is 6.66. The fraction of sp³-hybridized carbons (Fsp3) is 0.478. The minimum absolute atomic E-state index is 0.0369. The molecule has 2 heteroatoms. The first kappa shape index (κ1) is 18.2. The molecule has 1 fully saturated rings. The number of unbranched alkanes of at least 4 members (excludes halogenated alkanes) is 1. The molecule has 0 spiro atoms. The molecule has 0 bridgehead atoms. The second-order valence-corrected chi connectivity index (χ2v) is 7.27. The summed E-state index contributed by atoms with van der Waals surface area (Å²) in [5.74, 6) is 0. The van der Waals surface area contributed by atoms with Gasteiger partial charge in [-0.05, 0) is 49.4 Å². The van der Waals surface area contributed by atoms with Crippen LogP contribution in [0.2, 0.25) is 0 Å². The number of benzene rings is 2. The van der Waals surface area contributed by atoms with Gasteiger partial charge in [-0.25, -0.2) is 0 Å². The van der Waals surface area contributed by atoms with Gasteiger partial charge in [0.05, 0.1) is 6.10 Å². The SMILES string of the molecule is CCCCc1ccc(C(OC2CCN(C)CC2)c2ccccc2)cc1. The summed E-state index contributed by atoms with van der Waals surface area (Å²) in [4.78, 5) is 2.39. The van der Waals surface area contributed by atoms with E-state index in [0.29, 0.717) is 6.10 Å². The quantitative estimate of drug-likeness (QED) is 0.686. The molecular formula is C23H31NO. The van der Waals surface area contributed by atoms with Crippen molar-refractivity contribution < 1.29 is 4.74 Å². The van der Waals surface area contributed by atoms with E-state index >= 15 is 0 Å². The Morgan fingerprint density at radius 3 is 2.24 bits per heavy atom. The van der Waals surface area contributed by atoms with Crippen molar-refractivity contribution in [1.82, 2.24) is 4.90 Å². The summed E-state index contributed by atoms with van der Waals surface area (Å²) >= 11 is 0. The highest BCUT2D eigenvalue weighted by Crippen LogP contribution is 2.30. The summed E-state index contributed by atoms with van der Waals surface area (Å²) in [6, 6.07) is 19.7. The first-order valence-corrected chi connectivity index (χ1v) is 9.74. The molecular weight excluding hydrogens is 306 g/mol. The summed E-state index contributed by atoms with van der Waals surface area (Å²) in [5.41, 5.74) is 3.95. The van der Waals surface area contributed by atoms with Crippen LogP contribution in [0, 0.1) is 0 Å². The first-order valence-electron chi connectivity index (χ1n) is 9.74. The monoisotopic (exact) mass is 337 g/mol. The van der Waals surface area contributed by atoms with Crippen molar-refractivity contribution in [2.24, 2.45) is 0 Å². The fourth-order valence-electron chi connectivity index (χ4n) is 3.53. The van der Waals surface area contributed by atoms with Crippen molar-refractivity contribution in [2.75, 3.05) is 20.1 Å². The molecule has 1 aliphatic heterocycles. The van der Waals surface area contributed by atoms with E-state index in [4.69, 9.17) is 4.74 Å². The van der Waals surface area contributed by atoms with Gasteiger partial charge in [0, 0.05) is 13.1 Å². The van der Waals surface area contributed by atoms with Crippen LogP contribution in [-0.4, -0.2) is 31.1 Å². The molecule has 0 N–H and O–H groups in total. The normalized spacial score (nSPS) is 17.5. The molecule has 0 amide bonds. The van der Waals surface area contributed by atoms with Crippen molar-refractivity contribution in [3.63, 3.8) is 0 Å². The highest BCUT2D eigenvalue weighted by Gasteiger charge is 2.23. The van der Waals surface area contributed by atoms with Gasteiger partial charge in [-0.15, -0.1) is 0 Å². The van der Waals surface area contributed by atoms with E-state index in [1.165, 1.54) is 36.0 Å². The third kappa shape index (κ3) is 5.17. The van der Waals surface area contributed by atoms with Crippen LogP contribution in [0.25, 0.3) is 0 Å². The van der Waals surface area contributed by atoms with Crippen molar-refractivity contribution in [2.45, 2.75) is 51.2 Å². The largest absolute Gasteiger partial charge is 0.365 e. The minimum atomic E-state index is 0.0369. The molecule has 2 aromatic rings. The number of nitrogens with zero attached hydrogens (tertiary/aromatic N) is 1. The number of hydrogen-bond acceptors (Lipinski definition) is 2. The van der Waals surface area contributed by atoms with Crippen LogP contribution >= 0.6 is 0 Å². The van der Waals surface area contributed by atoms with Gasteiger partial charge in [-0.2, -0.15) is 0 Å². The van der Waals surface area contributed by atoms with Crippen LogP contribution in [0.3, 0.4) is 0 Å². The Balaban J connectivity index is 1.76. The van der Waals surface area contributed by atoms with E-state index in [1.54, 1.807) is 0 Å². The molecule has 2 aromatic carbocycles. The molecule has 134 valence electrons. The third-order valence-electron chi connectivity index (χ3n) is 5.20. The molecule has 0 saturated carbocycles. The van der Waals surface area contributed by atoms with Gasteiger partial charge >= 0.3 is 0 Å². The molecule has 0 aliphatic carbocycles. The highest BCUT2D eigenvalue weighted by atomic mass is 16.5. The molecule has 0 aromatic heterocycles. The zero-order chi connectivity index (χ0) is 17.5. The van der Waals surface area contributed by atoms with Gasteiger partial charge < -0.3 is 9.64 Å². The molecule has 1 saturated heterocycles. The maximum atomic E-state index is 6.61. The van der Waals surface area contributed by atoms with Crippen LogP contribution in [0.4, 0.5) is 0 Å². The van der Waals surface area contributed by atoms with Gasteiger partial charge in [0.2, 0.25) is 0 Å². The number of hydrogen-bond donors (Lipinski definition) is 0. The molecule has 25 heavy (non-hydrogen) atoms. The molecule has 3 rings (SSSR count). The molecule has 2 nitrogen and oxygen atoms in total. The maximum absolute atomic E-state index is 6.61. The minimum Gasteiger partial charge on any atom is -0.365 e. The topological polar surface area (TPSA) is 12.5 Å². The van der Waals surface area contributed by atoms with Gasteiger partial charge in [0.1, 0.15) is 6.10 Å². The second kappa shape index (κ2) is 9.17. The lowest BCUT2D eigenvalue weighted by atomic mass is 9.98. The number of ether oxygens (including phenoxy) is 1. The Bertz CT molecular complexity index is 614. The zero-order valence-electron chi connectivity index (χ0n) is 15.7. The van der Waals surface area contributed by atoms with Crippen LogP contribution in [-0.2, 0) is 11.2 Å². The zero-order valence-corrected chi connectivity index (χ0v) is 15.7. The van der Waals surface area contributed by atoms with Crippen molar-refractivity contribution >= 4 is 0 Å². The predicted octanol–water partition coefficient (Wildman–Crippen LogP) is 5.23. The van der Waals surface area contributed by atoms with E-state index < -0.39 is 0 Å². The second-order valence-electron chi connectivity index (χ2n) is 7.27. The standard InChI is InChI=1S/C23H31NO/c1-3-4-8-19-11-13-21(14-12-19)23(20-9-6-5-7-10-20)25-22-15-17-24(2)18-16-22/h5-7,9-14,22-23H,3-4,8,15-18H2,1-2H3. The van der Waals surface area contributed by atoms with Crippen LogP contribution in [0.5, 0.6) is 0 Å². The van der Waals surface area contributed by atoms with E-state index in [2.05, 4.69) is 73.5 Å². The van der Waals surface area contributed by atoms with Gasteiger partial charge in [0.15, 0.2) is 0 Å². The lowest BCUT2D eigenvalue weighted by Crippen LogP contribution is -2.35. The predicted molar refractivity (Wildman–Crippen MR) is 105 cm³/mol. The number of aryl methyl sites for hydroxylation is 1. The van der Waals surface area contributed by atoms with Crippen molar-refractivity contribution in [3.05, 3.63) is 71.3 Å². The molecule has 0 radical (unpaired) electrons. The highest BCUT2D eigenvalue weighted by molar-refractivity contribution is 5.32. The van der Waals surface area contributed by atoms with Gasteiger partial charge in [-0.1, -0.05) is 67.9 Å².